The molecule has 4 N–H and O–H groups in total. The SMILES string of the molecule is C#N.CC.CC.CC(C)OC(=O)CNP(OCC1CCC(c2ccc3c(N)ncnn23)O1)Oc1ccccc1.CC(C)OC=O.CCNP(Oc1ccccc1)Oc1ccc([N+](=O)[O-])cc1.Cc1ccccc1.Cc1ccccc1. The van der Waals surface area contributed by atoms with E-state index in [9.17, 15) is 19.7 Å². The predicted molar refractivity (Wildman–Crippen MR) is 319 cm³/mol. The Morgan fingerprint density at radius 3 is 1.66 bits per heavy atom. The van der Waals surface area contributed by atoms with Gasteiger partial charge in [-0.05, 0) is 103 Å². The number of rotatable bonds is 19. The van der Waals surface area contributed by atoms with Gasteiger partial charge in [0.1, 0.15) is 41.7 Å². The van der Waals surface area contributed by atoms with E-state index in [0.29, 0.717) is 42.7 Å². The van der Waals surface area contributed by atoms with E-state index in [1.807, 2.05) is 144 Å². The Kier molecular flexibility index (Phi) is 38.2. The Labute approximate surface area is 475 Å². The minimum Gasteiger partial charge on any atom is -0.465 e. The van der Waals surface area contributed by atoms with Crippen molar-refractivity contribution in [2.45, 2.75) is 113 Å². The summed E-state index contributed by atoms with van der Waals surface area (Å²) in [7, 11) is -2.93. The number of nitro groups is 1. The second-order valence-corrected chi connectivity index (χ2v) is 18.9. The third-order valence-corrected chi connectivity index (χ3v) is 12.1. The van der Waals surface area contributed by atoms with Crippen molar-refractivity contribution in [3.8, 4) is 23.8 Å². The summed E-state index contributed by atoms with van der Waals surface area (Å²) in [6.07, 6.45) is 2.70. The van der Waals surface area contributed by atoms with Gasteiger partial charge in [0.25, 0.3) is 12.2 Å². The number of para-hydroxylation sites is 2. The number of ether oxygens (including phenoxy) is 3. The van der Waals surface area contributed by atoms with Crippen LogP contribution in [-0.4, -0.2) is 70.0 Å². The third-order valence-electron chi connectivity index (χ3n) is 9.64. The number of nitro benzene ring substituents is 1. The van der Waals surface area contributed by atoms with Crippen LogP contribution < -0.4 is 29.5 Å². The van der Waals surface area contributed by atoms with Crippen molar-refractivity contribution in [2.75, 3.05) is 25.4 Å². The molecule has 0 spiro atoms. The average Bonchev–Trinajstić information content (AvgIpc) is 4.16. The van der Waals surface area contributed by atoms with Crippen LogP contribution in [0.3, 0.4) is 0 Å². The van der Waals surface area contributed by atoms with Gasteiger partial charge < -0.3 is 38.0 Å². The molecule has 0 bridgehead atoms. The zero-order valence-corrected chi connectivity index (χ0v) is 49.6. The largest absolute Gasteiger partial charge is 0.465 e. The fraction of sp³-hybridized carbons (Fsp3) is 0.339. The summed E-state index contributed by atoms with van der Waals surface area (Å²) in [5.41, 5.74) is 10.3. The van der Waals surface area contributed by atoms with Gasteiger partial charge in [0.15, 0.2) is 5.82 Å². The van der Waals surface area contributed by atoms with Gasteiger partial charge in [-0.1, -0.05) is 143 Å². The molecule has 8 rings (SSSR count). The van der Waals surface area contributed by atoms with Crippen molar-refractivity contribution in [3.05, 3.63) is 191 Å². The van der Waals surface area contributed by atoms with E-state index in [4.69, 9.17) is 38.6 Å². The smallest absolute Gasteiger partial charge is 0.381 e. The highest BCUT2D eigenvalue weighted by molar-refractivity contribution is 7.46. The Bertz CT molecular complexity index is 2660. The van der Waals surface area contributed by atoms with Crippen LogP contribution in [-0.2, 0) is 28.3 Å². The molecule has 1 fully saturated rings. The number of fused-ring (bicyclic) bond motifs is 1. The van der Waals surface area contributed by atoms with Gasteiger partial charge in [-0.15, -0.1) is 0 Å². The highest BCUT2D eigenvalue weighted by atomic mass is 31.2. The first kappa shape index (κ1) is 70.5. The Morgan fingerprint density at radius 2 is 1.24 bits per heavy atom. The van der Waals surface area contributed by atoms with Gasteiger partial charge >= 0.3 is 23.0 Å². The molecule has 432 valence electrons. The molecule has 21 heteroatoms. The second kappa shape index (κ2) is 43.3. The lowest BCUT2D eigenvalue weighted by atomic mass is 10.1. The van der Waals surface area contributed by atoms with E-state index in [-0.39, 0.29) is 42.6 Å². The highest BCUT2D eigenvalue weighted by Crippen LogP contribution is 2.40. The average molecular weight is 1140 g/mol. The number of carbonyl (C=O) groups excluding carboxylic acids is 2. The fourth-order valence-corrected chi connectivity index (χ4v) is 8.35. The summed E-state index contributed by atoms with van der Waals surface area (Å²) in [6, 6.07) is 48.9. The van der Waals surface area contributed by atoms with Crippen LogP contribution in [0.15, 0.2) is 164 Å². The van der Waals surface area contributed by atoms with Gasteiger partial charge in [0.05, 0.1) is 35.5 Å². The van der Waals surface area contributed by atoms with Crippen molar-refractivity contribution in [1.29, 1.82) is 5.26 Å². The third kappa shape index (κ3) is 30.0. The lowest BCUT2D eigenvalue weighted by Crippen LogP contribution is -2.26. The minimum atomic E-state index is -1.58. The van der Waals surface area contributed by atoms with Gasteiger partial charge in [0.2, 0.25) is 0 Å². The molecule has 80 heavy (non-hydrogen) atoms. The molecule has 0 aliphatic carbocycles. The van der Waals surface area contributed by atoms with Crippen LogP contribution in [0.25, 0.3) is 5.52 Å². The molecule has 4 atom stereocenters. The summed E-state index contributed by atoms with van der Waals surface area (Å²) in [5.74, 6) is 1.93. The van der Waals surface area contributed by atoms with Crippen LogP contribution >= 0.6 is 17.1 Å². The number of benzene rings is 5. The van der Waals surface area contributed by atoms with Crippen molar-refractivity contribution in [3.63, 3.8) is 0 Å². The number of nitrogens with zero attached hydrogens (tertiary/aromatic N) is 5. The number of anilines is 1. The summed E-state index contributed by atoms with van der Waals surface area (Å²) >= 11 is 0. The number of aromatic nitrogens is 3. The molecule has 0 amide bonds. The lowest BCUT2D eigenvalue weighted by molar-refractivity contribution is -0.384. The number of non-ortho nitro benzene ring substituents is 1. The molecule has 1 saturated heterocycles. The van der Waals surface area contributed by atoms with E-state index in [0.717, 1.165) is 24.1 Å². The van der Waals surface area contributed by atoms with E-state index in [1.54, 1.807) is 44.3 Å². The number of hydrogen-bond donors (Lipinski definition) is 3. The van der Waals surface area contributed by atoms with Gasteiger partial charge in [-0.2, -0.15) is 5.10 Å². The predicted octanol–water partition coefficient (Wildman–Crippen LogP) is 14.0. The number of nitrogen functional groups attached to an aromatic ring is 1. The Balaban J connectivity index is 0.000000575. The number of esters is 1. The van der Waals surface area contributed by atoms with Crippen molar-refractivity contribution >= 4 is 46.5 Å². The summed E-state index contributed by atoms with van der Waals surface area (Å²) < 4.78 is 40.9. The number of nitrogens with two attached hydrogens (primary N) is 1. The molecular weight excluding hydrogens is 1060 g/mol. The Morgan fingerprint density at radius 1 is 0.750 bits per heavy atom. The monoisotopic (exact) mass is 1140 g/mol. The van der Waals surface area contributed by atoms with Crippen LogP contribution in [0.5, 0.6) is 17.2 Å². The molecule has 0 radical (unpaired) electrons. The second-order valence-electron chi connectivity index (χ2n) is 16.5. The van der Waals surface area contributed by atoms with E-state index in [2.05, 4.69) is 69.7 Å². The summed E-state index contributed by atoms with van der Waals surface area (Å²) in [4.78, 5) is 35.5. The maximum atomic E-state index is 11.9. The molecule has 1 aliphatic rings. The van der Waals surface area contributed by atoms with Crippen molar-refractivity contribution in [2.24, 2.45) is 0 Å². The summed E-state index contributed by atoms with van der Waals surface area (Å²) in [5, 5.41) is 27.5. The first-order valence-corrected chi connectivity index (χ1v) is 28.5. The summed E-state index contributed by atoms with van der Waals surface area (Å²) in [6.45, 7) is 26.3. The van der Waals surface area contributed by atoms with Crippen LogP contribution in [0.1, 0.15) is 98.1 Å². The molecule has 1 aliphatic heterocycles. The normalized spacial score (nSPS) is 13.3. The lowest BCUT2D eigenvalue weighted by Gasteiger charge is -2.21. The number of nitriles is 1. The zero-order valence-electron chi connectivity index (χ0n) is 47.8. The van der Waals surface area contributed by atoms with E-state index in [1.165, 1.54) is 29.6 Å². The Hall–Kier alpha value is -7.55. The van der Waals surface area contributed by atoms with Crippen LogP contribution in [0, 0.1) is 35.8 Å². The minimum absolute atomic E-state index is 0.0118. The molecular formula is C59H80N8O11P2. The maximum absolute atomic E-state index is 11.9. The number of hydrogen-bond acceptors (Lipinski definition) is 17. The fourth-order valence-electron chi connectivity index (χ4n) is 6.22. The van der Waals surface area contributed by atoms with Crippen LogP contribution in [0.4, 0.5) is 11.5 Å². The number of nitrogens with one attached hydrogen (secondary N) is 2. The number of carbonyl (C=O) groups is 2. The maximum Gasteiger partial charge on any atom is 0.381 e. The van der Waals surface area contributed by atoms with E-state index < -0.39 is 22.0 Å². The molecule has 0 saturated carbocycles. The molecule has 3 heterocycles. The quantitative estimate of drug-likeness (QED) is 0.0224. The van der Waals surface area contributed by atoms with Gasteiger partial charge in [0, 0.05) is 25.2 Å². The van der Waals surface area contributed by atoms with Gasteiger partial charge in [-0.25, -0.2) is 24.9 Å². The molecule has 4 unspecified atom stereocenters. The zero-order chi connectivity index (χ0) is 59.5. The van der Waals surface area contributed by atoms with Crippen LogP contribution in [0.2, 0.25) is 0 Å². The first-order chi connectivity index (χ1) is 38.7. The van der Waals surface area contributed by atoms with Gasteiger partial charge in [-0.3, -0.25) is 19.7 Å². The molecule has 7 aromatic rings. The number of aryl methyl sites for hydroxylation is 2. The van der Waals surface area contributed by atoms with Crippen molar-refractivity contribution in [1.82, 2.24) is 24.8 Å². The first-order valence-electron chi connectivity index (χ1n) is 26.1. The topological polar surface area (TPSA) is 246 Å². The standard InChI is InChI=1S/C22H28N5O5P.C14H15N2O4P.2C7H8.C4H8O2.2C2H6.CHN/c1-15(2)30-21(28)12-26-33(32-16-6-4-3-5-7-16)29-13-17-8-11-20(31-17)18-9-10-19-22(23)24-14-25-27(18)19;1-2-15-21(19-13-6-4-3-5-7-13)20-14-10-8-12(9-11-14)16(17)18;2*1-7-5-3-2-4-6-7;1-4(2)6-3-5;3*1-2/h3-7,9-10,14-15,17,20,26H,8,11-13H2,1-2H3,(H2,23,24,25);3-11,15H,2H2,1H3;2*2-6H,1H3;3-4H,1-2H3;2*1-2H3;1H. The molecule has 19 nitrogen and oxygen atoms in total. The van der Waals surface area contributed by atoms with E-state index >= 15 is 0 Å². The molecule has 5 aromatic carbocycles. The highest BCUT2D eigenvalue weighted by Gasteiger charge is 2.30. The molecule has 2 aromatic heterocycles. The van der Waals surface area contributed by atoms with Crippen molar-refractivity contribution < 1.29 is 46.8 Å².